The molecule has 0 atom stereocenters. The van der Waals surface area contributed by atoms with Gasteiger partial charge in [0.25, 0.3) is 5.91 Å². The van der Waals surface area contributed by atoms with Crippen LogP contribution in [0.2, 0.25) is 0 Å². The summed E-state index contributed by atoms with van der Waals surface area (Å²) in [4.78, 5) is 45.0. The number of benzene rings is 2. The second-order valence-corrected chi connectivity index (χ2v) is 8.48. The molecule has 0 bridgehead atoms. The third-order valence-electron chi connectivity index (χ3n) is 6.22. The summed E-state index contributed by atoms with van der Waals surface area (Å²) in [5.74, 6) is -1.78. The average Bonchev–Trinajstić information content (AvgIpc) is 2.93. The molecular formula is C27H23FN4O5. The zero-order valence-electron chi connectivity index (χ0n) is 19.7. The lowest BCUT2D eigenvalue weighted by molar-refractivity contribution is 0.0685. The number of amides is 1. The Kier molecular flexibility index (Phi) is 6.65. The van der Waals surface area contributed by atoms with E-state index in [0.29, 0.717) is 32.0 Å². The molecule has 37 heavy (non-hydrogen) atoms. The molecule has 0 saturated carbocycles. The maximum absolute atomic E-state index is 14.2. The smallest absolute Gasteiger partial charge is 0.353 e. The van der Waals surface area contributed by atoms with E-state index in [4.69, 9.17) is 4.74 Å². The second-order valence-electron chi connectivity index (χ2n) is 8.48. The molecule has 0 aliphatic carbocycles. The van der Waals surface area contributed by atoms with Crippen LogP contribution in [-0.4, -0.2) is 52.8 Å². The lowest BCUT2D eigenvalue weighted by Gasteiger charge is -2.27. The molecule has 1 aliphatic rings. The normalized spacial score (nSPS) is 13.5. The summed E-state index contributed by atoms with van der Waals surface area (Å²) in [5.41, 5.74) is -0.254. The van der Waals surface area contributed by atoms with Gasteiger partial charge in [0.05, 0.1) is 29.9 Å². The van der Waals surface area contributed by atoms with Gasteiger partial charge in [0.1, 0.15) is 17.3 Å². The predicted molar refractivity (Wildman–Crippen MR) is 135 cm³/mol. The number of carbonyl (C=O) groups is 2. The number of ether oxygens (including phenoxy) is 1. The molecule has 1 saturated heterocycles. The summed E-state index contributed by atoms with van der Waals surface area (Å²) in [6.07, 6.45) is 1.43. The highest BCUT2D eigenvalue weighted by atomic mass is 19.1. The Bertz CT molecular complexity index is 1530. The van der Waals surface area contributed by atoms with Gasteiger partial charge in [0.15, 0.2) is 5.43 Å². The Morgan fingerprint density at radius 2 is 1.81 bits per heavy atom. The molecule has 1 fully saturated rings. The largest absolute Gasteiger partial charge is 0.477 e. The molecule has 3 heterocycles. The highest BCUT2D eigenvalue weighted by molar-refractivity contribution is 5.96. The first-order chi connectivity index (χ1) is 17.9. The van der Waals surface area contributed by atoms with E-state index in [2.05, 4.69) is 10.3 Å². The van der Waals surface area contributed by atoms with Crippen molar-refractivity contribution >= 4 is 28.6 Å². The van der Waals surface area contributed by atoms with Crippen LogP contribution in [0.15, 0.2) is 71.7 Å². The number of aromatic nitrogens is 2. The van der Waals surface area contributed by atoms with Crippen LogP contribution >= 0.6 is 0 Å². The fourth-order valence-corrected chi connectivity index (χ4v) is 4.41. The standard InChI is InChI=1S/C27H23FN4O5/c28-18-7-8-20-22(14-18)32(19-4-2-1-3-5-19)24(27(35)36)21(25(20)33)16-30-26(34)17-6-9-23(29-15-17)31-10-12-37-13-11-31/h1-9,14-15H,10-13,16H2,(H,30,34)(H,35,36). The van der Waals surface area contributed by atoms with Crippen molar-refractivity contribution in [1.82, 2.24) is 14.9 Å². The molecule has 1 amide bonds. The predicted octanol–water partition coefficient (Wildman–Crippen LogP) is 2.99. The van der Waals surface area contributed by atoms with E-state index in [9.17, 15) is 23.9 Å². The van der Waals surface area contributed by atoms with Crippen molar-refractivity contribution in [3.05, 3.63) is 99.7 Å². The van der Waals surface area contributed by atoms with E-state index in [1.165, 1.54) is 16.8 Å². The monoisotopic (exact) mass is 502 g/mol. The van der Waals surface area contributed by atoms with Gasteiger partial charge in [-0.2, -0.15) is 0 Å². The number of morpholine rings is 1. The van der Waals surface area contributed by atoms with E-state index < -0.39 is 23.1 Å². The highest BCUT2D eigenvalue weighted by Crippen LogP contribution is 2.23. The first-order valence-electron chi connectivity index (χ1n) is 11.7. The molecule has 0 spiro atoms. The van der Waals surface area contributed by atoms with Crippen molar-refractivity contribution in [3.8, 4) is 5.69 Å². The van der Waals surface area contributed by atoms with E-state index in [-0.39, 0.29) is 34.3 Å². The summed E-state index contributed by atoms with van der Waals surface area (Å²) in [5, 5.41) is 12.9. The van der Waals surface area contributed by atoms with Crippen LogP contribution in [0.3, 0.4) is 0 Å². The topological polar surface area (TPSA) is 114 Å². The number of rotatable bonds is 6. The summed E-state index contributed by atoms with van der Waals surface area (Å²) < 4.78 is 20.8. The van der Waals surface area contributed by atoms with Crippen molar-refractivity contribution in [1.29, 1.82) is 0 Å². The van der Waals surface area contributed by atoms with Gasteiger partial charge in [-0.3, -0.25) is 9.59 Å². The number of carboxylic acid groups (broad SMARTS) is 1. The first kappa shape index (κ1) is 24.1. The number of pyridine rings is 2. The molecule has 0 unspecified atom stereocenters. The number of nitrogens with zero attached hydrogens (tertiary/aromatic N) is 3. The molecule has 1 aliphatic heterocycles. The van der Waals surface area contributed by atoms with Crippen LogP contribution in [-0.2, 0) is 11.3 Å². The molecule has 188 valence electrons. The number of anilines is 1. The Morgan fingerprint density at radius 3 is 2.49 bits per heavy atom. The number of para-hydroxylation sites is 1. The number of nitrogens with one attached hydrogen (secondary N) is 1. The summed E-state index contributed by atoms with van der Waals surface area (Å²) in [6.45, 7) is 2.28. The minimum atomic E-state index is -1.38. The Labute approximate surface area is 210 Å². The van der Waals surface area contributed by atoms with Crippen LogP contribution in [0.1, 0.15) is 26.4 Å². The van der Waals surface area contributed by atoms with E-state index in [0.717, 1.165) is 18.0 Å². The van der Waals surface area contributed by atoms with Crippen molar-refractivity contribution in [2.75, 3.05) is 31.2 Å². The van der Waals surface area contributed by atoms with Gasteiger partial charge >= 0.3 is 5.97 Å². The van der Waals surface area contributed by atoms with Crippen LogP contribution in [0.25, 0.3) is 16.6 Å². The zero-order valence-corrected chi connectivity index (χ0v) is 19.7. The summed E-state index contributed by atoms with van der Waals surface area (Å²) >= 11 is 0. The van der Waals surface area contributed by atoms with Crippen molar-refractivity contribution < 1.29 is 23.8 Å². The molecule has 9 nitrogen and oxygen atoms in total. The maximum atomic E-state index is 14.2. The molecule has 0 radical (unpaired) electrons. The number of hydrogen-bond acceptors (Lipinski definition) is 6. The Morgan fingerprint density at radius 1 is 1.05 bits per heavy atom. The van der Waals surface area contributed by atoms with Crippen LogP contribution < -0.4 is 15.6 Å². The molecule has 4 aromatic rings. The molecule has 2 N–H and O–H groups in total. The van der Waals surface area contributed by atoms with Crippen LogP contribution in [0.4, 0.5) is 10.2 Å². The van der Waals surface area contributed by atoms with Gasteiger partial charge in [-0.05, 0) is 42.5 Å². The maximum Gasteiger partial charge on any atom is 0.353 e. The molecular weight excluding hydrogens is 479 g/mol. The van der Waals surface area contributed by atoms with E-state index in [1.807, 2.05) is 4.90 Å². The van der Waals surface area contributed by atoms with Crippen LogP contribution in [0.5, 0.6) is 0 Å². The highest BCUT2D eigenvalue weighted by Gasteiger charge is 2.24. The van der Waals surface area contributed by atoms with Gasteiger partial charge in [-0.1, -0.05) is 18.2 Å². The van der Waals surface area contributed by atoms with Gasteiger partial charge in [-0.25, -0.2) is 14.2 Å². The minimum absolute atomic E-state index is 0.117. The van der Waals surface area contributed by atoms with E-state index >= 15 is 0 Å². The third-order valence-corrected chi connectivity index (χ3v) is 6.22. The van der Waals surface area contributed by atoms with Gasteiger partial charge in [0, 0.05) is 36.9 Å². The molecule has 2 aromatic heterocycles. The SMILES string of the molecule is O=C(NCc1c(C(=O)O)n(-c2ccccc2)c2cc(F)ccc2c1=O)c1ccc(N2CCOCC2)nc1. The quantitative estimate of drug-likeness (QED) is 0.417. The van der Waals surface area contributed by atoms with Gasteiger partial charge in [-0.15, -0.1) is 0 Å². The number of hydrogen-bond donors (Lipinski definition) is 2. The van der Waals surface area contributed by atoms with Crippen LogP contribution in [0, 0.1) is 5.82 Å². The second kappa shape index (κ2) is 10.2. The summed E-state index contributed by atoms with van der Waals surface area (Å²) in [7, 11) is 0. The summed E-state index contributed by atoms with van der Waals surface area (Å²) in [6, 6.07) is 15.4. The zero-order chi connectivity index (χ0) is 25.9. The number of aromatic carboxylic acids is 1. The molecule has 10 heteroatoms. The number of fused-ring (bicyclic) bond motifs is 1. The minimum Gasteiger partial charge on any atom is -0.477 e. The molecule has 5 rings (SSSR count). The van der Waals surface area contributed by atoms with Gasteiger partial charge < -0.3 is 24.6 Å². The third kappa shape index (κ3) is 4.78. The number of carbonyl (C=O) groups excluding carboxylic acids is 1. The van der Waals surface area contributed by atoms with Gasteiger partial charge in [0.2, 0.25) is 0 Å². The average molecular weight is 503 g/mol. The number of halogens is 1. The Hall–Kier alpha value is -4.57. The number of carboxylic acids is 1. The van der Waals surface area contributed by atoms with Crippen molar-refractivity contribution in [2.45, 2.75) is 6.54 Å². The Balaban J connectivity index is 1.50. The van der Waals surface area contributed by atoms with E-state index in [1.54, 1.807) is 42.5 Å². The van der Waals surface area contributed by atoms with Crippen molar-refractivity contribution in [2.24, 2.45) is 0 Å². The first-order valence-corrected chi connectivity index (χ1v) is 11.7. The van der Waals surface area contributed by atoms with Crippen molar-refractivity contribution in [3.63, 3.8) is 0 Å². The lowest BCUT2D eigenvalue weighted by atomic mass is 10.1. The fourth-order valence-electron chi connectivity index (χ4n) is 4.41. The fraction of sp³-hybridized carbons (Fsp3) is 0.185. The molecule has 2 aromatic carbocycles. The lowest BCUT2D eigenvalue weighted by Crippen LogP contribution is -2.36.